The van der Waals surface area contributed by atoms with Crippen LogP contribution < -0.4 is 10.9 Å². The summed E-state index contributed by atoms with van der Waals surface area (Å²) in [5, 5.41) is 16.3. The van der Waals surface area contributed by atoms with Crippen molar-refractivity contribution in [2.75, 3.05) is 25.2 Å². The zero-order valence-electron chi connectivity index (χ0n) is 15.2. The molecule has 26 heavy (non-hydrogen) atoms. The molecule has 0 saturated heterocycles. The number of rotatable bonds is 6. The van der Waals surface area contributed by atoms with Gasteiger partial charge in [0.15, 0.2) is 0 Å². The quantitative estimate of drug-likeness (QED) is 0.781. The number of para-hydroxylation sites is 1. The van der Waals surface area contributed by atoms with E-state index >= 15 is 0 Å². The monoisotopic (exact) mass is 371 g/mol. The Labute approximate surface area is 156 Å². The number of likely N-dealkylation sites (N-methyl/N-ethyl adjacent to an activating group) is 1. The zero-order chi connectivity index (χ0) is 19.3. The average Bonchev–Trinajstić information content (AvgIpc) is 2.60. The third kappa shape index (κ3) is 4.50. The standard InChI is InChI=1S/C18H21N5O2S/c1-12-13(2)21-23(18(25)14(12)9-19)11-22(3)10-17(24)20-15-7-5-6-8-16(15)26-4/h5-8H,10-11H2,1-4H3,(H,20,24). The molecule has 8 heteroatoms. The summed E-state index contributed by atoms with van der Waals surface area (Å²) in [4.78, 5) is 27.3. The van der Waals surface area contributed by atoms with Crippen molar-refractivity contribution in [1.29, 1.82) is 5.26 Å². The van der Waals surface area contributed by atoms with Gasteiger partial charge >= 0.3 is 0 Å². The van der Waals surface area contributed by atoms with Crippen molar-refractivity contribution < 1.29 is 4.79 Å². The van der Waals surface area contributed by atoms with Gasteiger partial charge in [0, 0.05) is 4.90 Å². The summed E-state index contributed by atoms with van der Waals surface area (Å²) < 4.78 is 1.21. The number of nitrogens with one attached hydrogen (secondary N) is 1. The van der Waals surface area contributed by atoms with E-state index in [1.165, 1.54) is 4.68 Å². The second-order valence-electron chi connectivity index (χ2n) is 5.91. The Kier molecular flexibility index (Phi) is 6.55. The number of aromatic nitrogens is 2. The van der Waals surface area contributed by atoms with Crippen LogP contribution in [0.4, 0.5) is 5.69 Å². The summed E-state index contributed by atoms with van der Waals surface area (Å²) in [6.45, 7) is 3.66. The maximum Gasteiger partial charge on any atom is 0.286 e. The van der Waals surface area contributed by atoms with Crippen LogP contribution in [0.2, 0.25) is 0 Å². The molecule has 1 heterocycles. The number of amides is 1. The SMILES string of the molecule is CSc1ccccc1NC(=O)CN(C)Cn1nc(C)c(C)c(C#N)c1=O. The van der Waals surface area contributed by atoms with Gasteiger partial charge in [-0.05, 0) is 44.8 Å². The molecular weight excluding hydrogens is 350 g/mol. The predicted molar refractivity (Wildman–Crippen MR) is 102 cm³/mol. The van der Waals surface area contributed by atoms with Crippen molar-refractivity contribution in [1.82, 2.24) is 14.7 Å². The van der Waals surface area contributed by atoms with E-state index in [-0.39, 0.29) is 24.7 Å². The third-order valence-electron chi connectivity index (χ3n) is 3.92. The van der Waals surface area contributed by atoms with Crippen molar-refractivity contribution in [2.24, 2.45) is 0 Å². The van der Waals surface area contributed by atoms with E-state index in [0.717, 1.165) is 10.6 Å². The molecule has 7 nitrogen and oxygen atoms in total. The van der Waals surface area contributed by atoms with Crippen LogP contribution in [0.1, 0.15) is 16.8 Å². The van der Waals surface area contributed by atoms with Crippen LogP contribution >= 0.6 is 11.8 Å². The van der Waals surface area contributed by atoms with Gasteiger partial charge in [-0.2, -0.15) is 10.4 Å². The number of carbonyl (C=O) groups is 1. The van der Waals surface area contributed by atoms with Crippen LogP contribution in [-0.2, 0) is 11.5 Å². The van der Waals surface area contributed by atoms with E-state index < -0.39 is 5.56 Å². The van der Waals surface area contributed by atoms with Gasteiger partial charge < -0.3 is 5.32 Å². The first-order valence-electron chi connectivity index (χ1n) is 7.97. The molecule has 0 bridgehead atoms. The van der Waals surface area contributed by atoms with Gasteiger partial charge in [0.05, 0.1) is 24.6 Å². The molecule has 0 saturated carbocycles. The molecule has 136 valence electrons. The van der Waals surface area contributed by atoms with Gasteiger partial charge in [-0.3, -0.25) is 14.5 Å². The van der Waals surface area contributed by atoms with Crippen LogP contribution in [0.15, 0.2) is 34.0 Å². The summed E-state index contributed by atoms with van der Waals surface area (Å²) >= 11 is 1.55. The number of carbonyl (C=O) groups excluding carboxylic acids is 1. The van der Waals surface area contributed by atoms with E-state index in [1.807, 2.05) is 36.6 Å². The lowest BCUT2D eigenvalue weighted by atomic mass is 10.1. The molecule has 1 aromatic carbocycles. The third-order valence-corrected chi connectivity index (χ3v) is 4.71. The second kappa shape index (κ2) is 8.65. The first kappa shape index (κ1) is 19.7. The van der Waals surface area contributed by atoms with Crippen molar-refractivity contribution in [3.8, 4) is 6.07 Å². The maximum atomic E-state index is 12.3. The molecule has 2 rings (SSSR count). The molecule has 0 fully saturated rings. The molecule has 0 radical (unpaired) electrons. The molecule has 2 aromatic rings. The van der Waals surface area contributed by atoms with E-state index in [2.05, 4.69) is 10.4 Å². The normalized spacial score (nSPS) is 10.6. The Morgan fingerprint density at radius 1 is 1.38 bits per heavy atom. The van der Waals surface area contributed by atoms with E-state index in [4.69, 9.17) is 0 Å². The molecule has 1 aromatic heterocycles. The first-order chi connectivity index (χ1) is 12.4. The lowest BCUT2D eigenvalue weighted by Crippen LogP contribution is -2.37. The Balaban J connectivity index is 2.08. The van der Waals surface area contributed by atoms with E-state index in [1.54, 1.807) is 37.6 Å². The molecule has 1 amide bonds. The number of benzene rings is 1. The fourth-order valence-corrected chi connectivity index (χ4v) is 3.01. The lowest BCUT2D eigenvalue weighted by Gasteiger charge is -2.18. The summed E-state index contributed by atoms with van der Waals surface area (Å²) in [6, 6.07) is 9.49. The van der Waals surface area contributed by atoms with Crippen molar-refractivity contribution in [3.05, 3.63) is 51.4 Å². The van der Waals surface area contributed by atoms with Crippen LogP contribution in [0, 0.1) is 25.2 Å². The van der Waals surface area contributed by atoms with Gasteiger partial charge in [0.1, 0.15) is 11.6 Å². The lowest BCUT2D eigenvalue weighted by molar-refractivity contribution is -0.117. The topological polar surface area (TPSA) is 91.0 Å². The van der Waals surface area contributed by atoms with Crippen LogP contribution in [0.25, 0.3) is 0 Å². The highest BCUT2D eigenvalue weighted by Crippen LogP contribution is 2.24. The number of hydrogen-bond acceptors (Lipinski definition) is 6. The minimum Gasteiger partial charge on any atom is -0.324 e. The second-order valence-corrected chi connectivity index (χ2v) is 6.75. The van der Waals surface area contributed by atoms with Crippen molar-refractivity contribution in [2.45, 2.75) is 25.4 Å². The van der Waals surface area contributed by atoms with Gasteiger partial charge in [-0.1, -0.05) is 12.1 Å². The first-order valence-corrected chi connectivity index (χ1v) is 9.19. The molecule has 0 spiro atoms. The summed E-state index contributed by atoms with van der Waals surface area (Å²) in [7, 11) is 1.72. The molecule has 0 aliphatic rings. The highest BCUT2D eigenvalue weighted by Gasteiger charge is 2.14. The minimum atomic E-state index is -0.449. The van der Waals surface area contributed by atoms with Crippen LogP contribution in [0.5, 0.6) is 0 Å². The van der Waals surface area contributed by atoms with Gasteiger partial charge in [-0.25, -0.2) is 4.68 Å². The summed E-state index contributed by atoms with van der Waals surface area (Å²) in [5.74, 6) is -0.189. The molecule has 0 aliphatic carbocycles. The molecule has 0 unspecified atom stereocenters. The van der Waals surface area contributed by atoms with E-state index in [0.29, 0.717) is 11.3 Å². The van der Waals surface area contributed by atoms with Crippen LogP contribution in [-0.4, -0.2) is 40.4 Å². The number of thioether (sulfide) groups is 1. The largest absolute Gasteiger partial charge is 0.324 e. The number of anilines is 1. The fraction of sp³-hybridized carbons (Fsp3) is 0.333. The van der Waals surface area contributed by atoms with E-state index in [9.17, 15) is 14.9 Å². The minimum absolute atomic E-state index is 0.0873. The number of aryl methyl sites for hydroxylation is 1. The highest BCUT2D eigenvalue weighted by atomic mass is 32.2. The zero-order valence-corrected chi connectivity index (χ0v) is 16.1. The van der Waals surface area contributed by atoms with Gasteiger partial charge in [0.25, 0.3) is 5.56 Å². The highest BCUT2D eigenvalue weighted by molar-refractivity contribution is 7.98. The Morgan fingerprint density at radius 2 is 2.08 bits per heavy atom. The van der Waals surface area contributed by atoms with Gasteiger partial charge in [0.2, 0.25) is 5.91 Å². The Hall–Kier alpha value is -2.63. The number of hydrogen-bond donors (Lipinski definition) is 1. The smallest absolute Gasteiger partial charge is 0.286 e. The number of nitrogens with zero attached hydrogens (tertiary/aromatic N) is 4. The van der Waals surface area contributed by atoms with Gasteiger partial charge in [-0.15, -0.1) is 11.8 Å². The Bertz CT molecular complexity index is 917. The molecule has 0 aliphatic heterocycles. The Morgan fingerprint density at radius 3 is 2.73 bits per heavy atom. The van der Waals surface area contributed by atoms with Crippen molar-refractivity contribution in [3.63, 3.8) is 0 Å². The summed E-state index contributed by atoms with van der Waals surface area (Å²) in [6.07, 6.45) is 1.95. The summed E-state index contributed by atoms with van der Waals surface area (Å²) in [5.41, 5.74) is 1.60. The maximum absolute atomic E-state index is 12.3. The molecule has 1 N–H and O–H groups in total. The average molecular weight is 371 g/mol. The number of nitriles is 1. The fourth-order valence-electron chi connectivity index (χ4n) is 2.46. The van der Waals surface area contributed by atoms with Crippen LogP contribution in [0.3, 0.4) is 0 Å². The molecule has 0 atom stereocenters. The molecular formula is C18H21N5O2S. The predicted octanol–water partition coefficient (Wildman–Crippen LogP) is 1.98. The van der Waals surface area contributed by atoms with Crippen molar-refractivity contribution >= 4 is 23.4 Å².